The van der Waals surface area contributed by atoms with Crippen molar-refractivity contribution in [1.82, 2.24) is 9.55 Å². The average molecular weight is 261 g/mol. The number of nitriles is 1. The summed E-state index contributed by atoms with van der Waals surface area (Å²) in [5.74, 6) is 0. The monoisotopic (exact) mass is 261 g/mol. The van der Waals surface area contributed by atoms with Gasteiger partial charge < -0.3 is 0 Å². The molecule has 3 rings (SSSR count). The molecule has 0 aliphatic heterocycles. The Morgan fingerprint density at radius 3 is 2.70 bits per heavy atom. The van der Waals surface area contributed by atoms with Gasteiger partial charge in [-0.25, -0.2) is 4.98 Å². The summed E-state index contributed by atoms with van der Waals surface area (Å²) in [5, 5.41) is 9.67. The van der Waals surface area contributed by atoms with E-state index in [-0.39, 0.29) is 5.56 Å². The van der Waals surface area contributed by atoms with Crippen molar-refractivity contribution in [3.8, 4) is 6.07 Å². The van der Waals surface area contributed by atoms with Gasteiger partial charge in [-0.15, -0.1) is 0 Å². The van der Waals surface area contributed by atoms with Crippen LogP contribution in [0.5, 0.6) is 0 Å². The lowest BCUT2D eigenvalue weighted by Crippen LogP contribution is -2.21. The Balaban J connectivity index is 2.10. The zero-order valence-corrected chi connectivity index (χ0v) is 10.7. The maximum Gasteiger partial charge on any atom is 0.261 e. The zero-order chi connectivity index (χ0) is 13.9. The summed E-state index contributed by atoms with van der Waals surface area (Å²) in [6.07, 6.45) is 1.53. The van der Waals surface area contributed by atoms with Crippen molar-refractivity contribution in [1.29, 1.82) is 5.26 Å². The first-order valence-corrected chi connectivity index (χ1v) is 6.22. The van der Waals surface area contributed by atoms with Gasteiger partial charge in [0, 0.05) is 0 Å². The van der Waals surface area contributed by atoms with E-state index in [1.165, 1.54) is 10.9 Å². The number of para-hydroxylation sites is 1. The van der Waals surface area contributed by atoms with Crippen molar-refractivity contribution in [2.24, 2.45) is 0 Å². The topological polar surface area (TPSA) is 58.7 Å². The van der Waals surface area contributed by atoms with Crippen LogP contribution in [-0.2, 0) is 6.54 Å². The molecule has 0 fully saturated rings. The minimum absolute atomic E-state index is 0.0941. The Morgan fingerprint density at radius 2 is 1.85 bits per heavy atom. The van der Waals surface area contributed by atoms with Crippen LogP contribution in [0.15, 0.2) is 59.7 Å². The number of benzene rings is 2. The Morgan fingerprint density at radius 1 is 1.10 bits per heavy atom. The molecule has 0 radical (unpaired) electrons. The molecule has 0 N–H and O–H groups in total. The van der Waals surface area contributed by atoms with E-state index in [0.29, 0.717) is 23.0 Å². The number of rotatable bonds is 2. The lowest BCUT2D eigenvalue weighted by molar-refractivity contribution is 0.747. The predicted octanol–water partition coefficient (Wildman–Crippen LogP) is 2.32. The molecule has 0 saturated carbocycles. The third kappa shape index (κ3) is 2.06. The quantitative estimate of drug-likeness (QED) is 0.711. The summed E-state index contributed by atoms with van der Waals surface area (Å²) in [5.41, 5.74) is 1.98. The van der Waals surface area contributed by atoms with Crippen LogP contribution in [-0.4, -0.2) is 9.55 Å². The van der Waals surface area contributed by atoms with Crippen molar-refractivity contribution < 1.29 is 0 Å². The average Bonchev–Trinajstić information content (AvgIpc) is 2.51. The smallest absolute Gasteiger partial charge is 0.261 e. The van der Waals surface area contributed by atoms with E-state index in [0.717, 1.165) is 5.56 Å². The molecule has 0 unspecified atom stereocenters. The fourth-order valence-electron chi connectivity index (χ4n) is 2.17. The summed E-state index contributed by atoms with van der Waals surface area (Å²) in [6, 6.07) is 16.6. The maximum atomic E-state index is 12.4. The van der Waals surface area contributed by atoms with Gasteiger partial charge in [-0.3, -0.25) is 9.36 Å². The normalized spacial score (nSPS) is 10.3. The van der Waals surface area contributed by atoms with Crippen molar-refractivity contribution in [2.75, 3.05) is 0 Å². The Bertz CT molecular complexity index is 875. The van der Waals surface area contributed by atoms with Gasteiger partial charge in [-0.2, -0.15) is 5.26 Å². The fraction of sp³-hybridized carbons (Fsp3) is 0.0625. The highest BCUT2D eigenvalue weighted by Gasteiger charge is 2.06. The fourth-order valence-corrected chi connectivity index (χ4v) is 2.17. The van der Waals surface area contributed by atoms with Crippen molar-refractivity contribution >= 4 is 10.9 Å². The maximum absolute atomic E-state index is 12.4. The second kappa shape index (κ2) is 4.98. The van der Waals surface area contributed by atoms with E-state index in [9.17, 15) is 4.79 Å². The van der Waals surface area contributed by atoms with Gasteiger partial charge in [0.2, 0.25) is 0 Å². The highest BCUT2D eigenvalue weighted by atomic mass is 16.1. The van der Waals surface area contributed by atoms with Gasteiger partial charge in [0.1, 0.15) is 0 Å². The molecule has 0 aliphatic rings. The molecule has 0 spiro atoms. The molecule has 0 amide bonds. The summed E-state index contributed by atoms with van der Waals surface area (Å²) in [6.45, 7) is 0.348. The van der Waals surface area contributed by atoms with Crippen LogP contribution in [0.2, 0.25) is 0 Å². The van der Waals surface area contributed by atoms with Crippen LogP contribution >= 0.6 is 0 Å². The minimum Gasteiger partial charge on any atom is -0.294 e. The molecule has 2 aromatic carbocycles. The van der Waals surface area contributed by atoms with Crippen LogP contribution in [0, 0.1) is 11.3 Å². The van der Waals surface area contributed by atoms with Gasteiger partial charge in [-0.05, 0) is 23.8 Å². The van der Waals surface area contributed by atoms with E-state index in [4.69, 9.17) is 5.26 Å². The summed E-state index contributed by atoms with van der Waals surface area (Å²) < 4.78 is 1.53. The molecule has 0 atom stereocenters. The largest absolute Gasteiger partial charge is 0.294 e. The number of hydrogen-bond donors (Lipinski definition) is 0. The molecular formula is C16H11N3O. The molecular weight excluding hydrogens is 250 g/mol. The van der Waals surface area contributed by atoms with Crippen LogP contribution < -0.4 is 5.56 Å². The highest BCUT2D eigenvalue weighted by molar-refractivity contribution is 5.76. The number of aromatic nitrogens is 2. The van der Waals surface area contributed by atoms with Crippen LogP contribution in [0.25, 0.3) is 10.9 Å². The third-order valence-corrected chi connectivity index (χ3v) is 3.21. The molecule has 3 aromatic rings. The minimum atomic E-state index is -0.0941. The molecule has 0 saturated heterocycles. The highest BCUT2D eigenvalue weighted by Crippen LogP contribution is 2.10. The van der Waals surface area contributed by atoms with Crippen molar-refractivity contribution in [2.45, 2.75) is 6.54 Å². The van der Waals surface area contributed by atoms with E-state index >= 15 is 0 Å². The Labute approximate surface area is 115 Å². The summed E-state index contributed by atoms with van der Waals surface area (Å²) >= 11 is 0. The molecule has 20 heavy (non-hydrogen) atoms. The molecule has 0 aliphatic carbocycles. The SMILES string of the molecule is N#Cc1ccccc1Cn1cnc2ccccc2c1=O. The van der Waals surface area contributed by atoms with Gasteiger partial charge in [-0.1, -0.05) is 30.3 Å². The first-order chi connectivity index (χ1) is 9.79. The summed E-state index contributed by atoms with van der Waals surface area (Å²) in [7, 11) is 0. The second-order valence-electron chi connectivity index (χ2n) is 4.46. The number of hydrogen-bond acceptors (Lipinski definition) is 3. The predicted molar refractivity (Wildman–Crippen MR) is 76.3 cm³/mol. The van der Waals surface area contributed by atoms with E-state index in [2.05, 4.69) is 11.1 Å². The molecule has 0 bridgehead atoms. The molecule has 4 heteroatoms. The van der Waals surface area contributed by atoms with Gasteiger partial charge >= 0.3 is 0 Å². The zero-order valence-electron chi connectivity index (χ0n) is 10.7. The van der Waals surface area contributed by atoms with Gasteiger partial charge in [0.05, 0.1) is 35.4 Å². The summed E-state index contributed by atoms with van der Waals surface area (Å²) in [4.78, 5) is 16.6. The molecule has 4 nitrogen and oxygen atoms in total. The number of nitrogens with zero attached hydrogens (tertiary/aromatic N) is 3. The van der Waals surface area contributed by atoms with E-state index in [1.54, 1.807) is 12.1 Å². The van der Waals surface area contributed by atoms with Crippen molar-refractivity contribution in [3.63, 3.8) is 0 Å². The first kappa shape index (κ1) is 12.1. The molecule has 1 aromatic heterocycles. The number of fused-ring (bicyclic) bond motifs is 1. The first-order valence-electron chi connectivity index (χ1n) is 6.22. The molecule has 96 valence electrons. The standard InChI is InChI=1S/C16H11N3O/c17-9-12-5-1-2-6-13(12)10-19-11-18-15-8-4-3-7-14(15)16(19)20/h1-8,11H,10H2. The van der Waals surface area contributed by atoms with Gasteiger partial charge in [0.25, 0.3) is 5.56 Å². The van der Waals surface area contributed by atoms with E-state index < -0.39 is 0 Å². The third-order valence-electron chi connectivity index (χ3n) is 3.21. The van der Waals surface area contributed by atoms with E-state index in [1.807, 2.05) is 36.4 Å². The Kier molecular flexibility index (Phi) is 3.02. The second-order valence-corrected chi connectivity index (χ2v) is 4.46. The van der Waals surface area contributed by atoms with Crippen LogP contribution in [0.1, 0.15) is 11.1 Å². The van der Waals surface area contributed by atoms with Crippen LogP contribution in [0.4, 0.5) is 0 Å². The van der Waals surface area contributed by atoms with Crippen molar-refractivity contribution in [3.05, 3.63) is 76.3 Å². The Hall–Kier alpha value is -2.93. The lowest BCUT2D eigenvalue weighted by Gasteiger charge is -2.07. The van der Waals surface area contributed by atoms with Gasteiger partial charge in [0.15, 0.2) is 0 Å². The molecule has 1 heterocycles. The van der Waals surface area contributed by atoms with Crippen LogP contribution in [0.3, 0.4) is 0 Å². The lowest BCUT2D eigenvalue weighted by atomic mass is 10.1.